The highest BCUT2D eigenvalue weighted by molar-refractivity contribution is 6.02. The molecule has 0 bridgehead atoms. The molecule has 2 amide bonds. The molecule has 1 saturated carbocycles. The second-order valence-corrected chi connectivity index (χ2v) is 5.42. The van der Waals surface area contributed by atoms with Crippen molar-refractivity contribution in [2.75, 3.05) is 23.8 Å². The van der Waals surface area contributed by atoms with Crippen molar-refractivity contribution in [1.82, 2.24) is 0 Å². The van der Waals surface area contributed by atoms with E-state index in [0.29, 0.717) is 13.0 Å². The van der Waals surface area contributed by atoms with Gasteiger partial charge in [-0.3, -0.25) is 9.59 Å². The Hall–Kier alpha value is -1.88. The van der Waals surface area contributed by atoms with Crippen LogP contribution in [0.15, 0.2) is 18.2 Å². The van der Waals surface area contributed by atoms with Crippen LogP contribution in [-0.4, -0.2) is 25.4 Å². The molecule has 1 aliphatic heterocycles. The maximum atomic E-state index is 12.4. The van der Waals surface area contributed by atoms with Crippen molar-refractivity contribution >= 4 is 23.2 Å². The van der Waals surface area contributed by atoms with Gasteiger partial charge >= 0.3 is 0 Å². The molecule has 100 valence electrons. The molecule has 1 aromatic carbocycles. The third-order valence-electron chi connectivity index (χ3n) is 4.10. The Labute approximate surface area is 111 Å². The highest BCUT2D eigenvalue weighted by Gasteiger charge is 2.50. The first-order valence-electron chi connectivity index (χ1n) is 6.47. The van der Waals surface area contributed by atoms with Crippen LogP contribution in [0, 0.1) is 5.41 Å². The van der Waals surface area contributed by atoms with Crippen LogP contribution in [-0.2, 0) is 16.0 Å². The van der Waals surface area contributed by atoms with Crippen LogP contribution in [0.4, 0.5) is 11.4 Å². The second kappa shape index (κ2) is 4.06. The Morgan fingerprint density at radius 1 is 1.47 bits per heavy atom. The standard InChI is InChI=1S/C14H17N3O2/c1-17(13(19)14(8-15)4-5-14)10-2-3-11-9(6-10)7-12(18)16-11/h2-3,6H,4-5,7-8,15H2,1H3,(H,16,18). The zero-order valence-corrected chi connectivity index (χ0v) is 10.9. The minimum atomic E-state index is -0.345. The number of hydrogen-bond acceptors (Lipinski definition) is 3. The largest absolute Gasteiger partial charge is 0.329 e. The highest BCUT2D eigenvalue weighted by atomic mass is 16.2. The molecule has 3 N–H and O–H groups in total. The van der Waals surface area contributed by atoms with Crippen molar-refractivity contribution < 1.29 is 9.59 Å². The summed E-state index contributed by atoms with van der Waals surface area (Å²) in [6, 6.07) is 5.61. The summed E-state index contributed by atoms with van der Waals surface area (Å²) in [6.07, 6.45) is 2.13. The van der Waals surface area contributed by atoms with Gasteiger partial charge in [0.2, 0.25) is 11.8 Å². The maximum absolute atomic E-state index is 12.4. The van der Waals surface area contributed by atoms with Gasteiger partial charge in [-0.15, -0.1) is 0 Å². The number of nitrogens with two attached hydrogens (primary N) is 1. The van der Waals surface area contributed by atoms with Gasteiger partial charge in [0.15, 0.2) is 0 Å². The van der Waals surface area contributed by atoms with E-state index in [1.165, 1.54) is 0 Å². The van der Waals surface area contributed by atoms with E-state index in [9.17, 15) is 9.59 Å². The summed E-state index contributed by atoms with van der Waals surface area (Å²) in [4.78, 5) is 25.4. The molecule has 1 fully saturated rings. The molecule has 1 aliphatic carbocycles. The van der Waals surface area contributed by atoms with E-state index in [1.807, 2.05) is 18.2 Å². The molecule has 3 rings (SSSR count). The van der Waals surface area contributed by atoms with E-state index in [4.69, 9.17) is 5.73 Å². The molecule has 1 aromatic rings. The molecule has 19 heavy (non-hydrogen) atoms. The van der Waals surface area contributed by atoms with Gasteiger partial charge in [-0.05, 0) is 36.6 Å². The van der Waals surface area contributed by atoms with Gasteiger partial charge in [0.25, 0.3) is 0 Å². The predicted octanol–water partition coefficient (Wildman–Crippen LogP) is 0.883. The van der Waals surface area contributed by atoms with Crippen LogP contribution in [0.1, 0.15) is 18.4 Å². The van der Waals surface area contributed by atoms with Crippen LogP contribution in [0.2, 0.25) is 0 Å². The lowest BCUT2D eigenvalue weighted by Crippen LogP contribution is -2.38. The van der Waals surface area contributed by atoms with Gasteiger partial charge in [-0.1, -0.05) is 0 Å². The minimum absolute atomic E-state index is 0.00162. The molecular formula is C14H17N3O2. The fourth-order valence-corrected chi connectivity index (χ4v) is 2.55. The van der Waals surface area contributed by atoms with Gasteiger partial charge in [0, 0.05) is 25.0 Å². The SMILES string of the molecule is CN(C(=O)C1(CN)CC1)c1ccc2c(c1)CC(=O)N2. The number of fused-ring (bicyclic) bond motifs is 1. The second-order valence-electron chi connectivity index (χ2n) is 5.42. The lowest BCUT2D eigenvalue weighted by molar-refractivity contribution is -0.123. The number of carbonyl (C=O) groups excluding carboxylic acids is 2. The van der Waals surface area contributed by atoms with Crippen molar-refractivity contribution in [3.8, 4) is 0 Å². The van der Waals surface area contributed by atoms with Crippen molar-refractivity contribution in [3.63, 3.8) is 0 Å². The van der Waals surface area contributed by atoms with E-state index in [0.717, 1.165) is 29.8 Å². The van der Waals surface area contributed by atoms with E-state index in [2.05, 4.69) is 5.32 Å². The van der Waals surface area contributed by atoms with Crippen LogP contribution in [0.5, 0.6) is 0 Å². The molecular weight excluding hydrogens is 242 g/mol. The first kappa shape index (κ1) is 12.2. The summed E-state index contributed by atoms with van der Waals surface area (Å²) in [6.45, 7) is 0.404. The van der Waals surface area contributed by atoms with Crippen molar-refractivity contribution in [2.24, 2.45) is 11.1 Å². The number of nitrogens with zero attached hydrogens (tertiary/aromatic N) is 1. The highest BCUT2D eigenvalue weighted by Crippen LogP contribution is 2.46. The fourth-order valence-electron chi connectivity index (χ4n) is 2.55. The number of hydrogen-bond donors (Lipinski definition) is 2. The number of amides is 2. The van der Waals surface area contributed by atoms with Crippen LogP contribution in [0.3, 0.4) is 0 Å². The number of carbonyl (C=O) groups is 2. The molecule has 0 atom stereocenters. The van der Waals surface area contributed by atoms with E-state index >= 15 is 0 Å². The molecule has 2 aliphatic rings. The average molecular weight is 259 g/mol. The van der Waals surface area contributed by atoms with Crippen LogP contribution in [0.25, 0.3) is 0 Å². The topological polar surface area (TPSA) is 75.4 Å². The summed E-state index contributed by atoms with van der Waals surface area (Å²) in [7, 11) is 1.77. The third-order valence-corrected chi connectivity index (χ3v) is 4.10. The van der Waals surface area contributed by atoms with Gasteiger partial charge in [0.05, 0.1) is 11.8 Å². The lowest BCUT2D eigenvalue weighted by Gasteiger charge is -2.23. The molecule has 5 nitrogen and oxygen atoms in total. The van der Waals surface area contributed by atoms with E-state index < -0.39 is 0 Å². The van der Waals surface area contributed by atoms with E-state index in [-0.39, 0.29) is 17.2 Å². The Kier molecular flexibility index (Phi) is 2.60. The molecule has 0 unspecified atom stereocenters. The monoisotopic (exact) mass is 259 g/mol. The Morgan fingerprint density at radius 3 is 2.84 bits per heavy atom. The minimum Gasteiger partial charge on any atom is -0.329 e. The Balaban J connectivity index is 1.85. The molecule has 0 aromatic heterocycles. The summed E-state index contributed by atoms with van der Waals surface area (Å²) >= 11 is 0. The summed E-state index contributed by atoms with van der Waals surface area (Å²) in [5.41, 5.74) is 7.95. The normalized spacial score (nSPS) is 18.7. The predicted molar refractivity (Wildman–Crippen MR) is 72.9 cm³/mol. The third kappa shape index (κ3) is 1.90. The lowest BCUT2D eigenvalue weighted by atomic mass is 10.0. The average Bonchev–Trinajstić information content (AvgIpc) is 3.12. The smallest absolute Gasteiger partial charge is 0.234 e. The van der Waals surface area contributed by atoms with E-state index in [1.54, 1.807) is 11.9 Å². The molecule has 1 heterocycles. The quantitative estimate of drug-likeness (QED) is 0.846. The number of rotatable bonds is 3. The van der Waals surface area contributed by atoms with Crippen LogP contribution < -0.4 is 16.0 Å². The van der Waals surface area contributed by atoms with Gasteiger partial charge in [0.1, 0.15) is 0 Å². The first-order valence-corrected chi connectivity index (χ1v) is 6.47. The van der Waals surface area contributed by atoms with Crippen LogP contribution >= 0.6 is 0 Å². The number of benzene rings is 1. The summed E-state index contributed by atoms with van der Waals surface area (Å²) in [5, 5.41) is 2.78. The first-order chi connectivity index (χ1) is 9.05. The van der Waals surface area contributed by atoms with Gasteiger partial charge in [-0.25, -0.2) is 0 Å². The van der Waals surface area contributed by atoms with Crippen molar-refractivity contribution in [3.05, 3.63) is 23.8 Å². The fraction of sp³-hybridized carbons (Fsp3) is 0.429. The summed E-state index contributed by atoms with van der Waals surface area (Å²) in [5.74, 6) is 0.0778. The summed E-state index contributed by atoms with van der Waals surface area (Å²) < 4.78 is 0. The zero-order valence-electron chi connectivity index (χ0n) is 10.9. The molecule has 0 saturated heterocycles. The molecule has 0 spiro atoms. The van der Waals surface area contributed by atoms with Gasteiger partial charge < -0.3 is 16.0 Å². The number of nitrogens with one attached hydrogen (secondary N) is 1. The maximum Gasteiger partial charge on any atom is 0.234 e. The van der Waals surface area contributed by atoms with Gasteiger partial charge in [-0.2, -0.15) is 0 Å². The van der Waals surface area contributed by atoms with Crippen molar-refractivity contribution in [2.45, 2.75) is 19.3 Å². The molecule has 0 radical (unpaired) electrons. The molecule has 5 heteroatoms. The van der Waals surface area contributed by atoms with Crippen molar-refractivity contribution in [1.29, 1.82) is 0 Å². The number of anilines is 2. The Bertz CT molecular complexity index is 564. The Morgan fingerprint density at radius 2 is 2.21 bits per heavy atom. The zero-order chi connectivity index (χ0) is 13.6.